The third-order valence-electron chi connectivity index (χ3n) is 3.40. The Kier molecular flexibility index (Phi) is 6.24. The van der Waals surface area contributed by atoms with Gasteiger partial charge in [-0.2, -0.15) is 18.4 Å². The Morgan fingerprint density at radius 3 is 2.43 bits per heavy atom. The smallest absolute Gasteiger partial charge is 0.416 e. The number of alkyl halides is 3. The summed E-state index contributed by atoms with van der Waals surface area (Å²) in [5, 5.41) is 19.7. The molecular formula is C16H9ClF3N3O6S. The molecule has 2 aromatic carbocycles. The molecule has 9 nitrogen and oxygen atoms in total. The number of amides is 1. The molecule has 0 aromatic heterocycles. The minimum atomic E-state index is -4.78. The molecule has 0 aliphatic heterocycles. The zero-order valence-corrected chi connectivity index (χ0v) is 16.2. The highest BCUT2D eigenvalue weighted by atomic mass is 35.5. The average molecular weight is 464 g/mol. The van der Waals surface area contributed by atoms with Crippen LogP contribution in [0.2, 0.25) is 5.02 Å². The topological polar surface area (TPSA) is 139 Å². The molecule has 0 spiro atoms. The van der Waals surface area contributed by atoms with Gasteiger partial charge in [-0.3, -0.25) is 14.9 Å². The summed E-state index contributed by atoms with van der Waals surface area (Å²) in [7, 11) is -4.06. The number of rotatable bonds is 5. The molecule has 0 heterocycles. The van der Waals surface area contributed by atoms with E-state index in [1.54, 1.807) is 4.72 Å². The second-order valence-corrected chi connectivity index (χ2v) is 7.84. The Morgan fingerprint density at radius 1 is 1.30 bits per heavy atom. The summed E-state index contributed by atoms with van der Waals surface area (Å²) in [4.78, 5) is 22.2. The van der Waals surface area contributed by atoms with Gasteiger partial charge in [0.05, 0.1) is 27.3 Å². The van der Waals surface area contributed by atoms with Gasteiger partial charge in [0.15, 0.2) is 5.75 Å². The molecule has 0 unspecified atom stereocenters. The first-order chi connectivity index (χ1) is 13.7. The van der Waals surface area contributed by atoms with E-state index in [0.717, 1.165) is 18.2 Å². The van der Waals surface area contributed by atoms with E-state index in [2.05, 4.69) is 0 Å². The van der Waals surface area contributed by atoms with Gasteiger partial charge < -0.3 is 4.74 Å². The van der Waals surface area contributed by atoms with Crippen molar-refractivity contribution in [2.24, 2.45) is 0 Å². The van der Waals surface area contributed by atoms with Gasteiger partial charge in [0.2, 0.25) is 10.0 Å². The summed E-state index contributed by atoms with van der Waals surface area (Å²) in [6.07, 6.45) is -4.13. The van der Waals surface area contributed by atoms with Gasteiger partial charge >= 0.3 is 6.18 Å². The van der Waals surface area contributed by atoms with Crippen molar-refractivity contribution in [3.05, 3.63) is 62.2 Å². The maximum absolute atomic E-state index is 12.9. The van der Waals surface area contributed by atoms with E-state index in [0.29, 0.717) is 18.4 Å². The van der Waals surface area contributed by atoms with E-state index in [-0.39, 0.29) is 5.75 Å². The normalized spacial score (nSPS) is 11.5. The van der Waals surface area contributed by atoms with Crippen LogP contribution in [0, 0.1) is 21.4 Å². The summed E-state index contributed by atoms with van der Waals surface area (Å²) < 4.78 is 67.9. The third-order valence-corrected chi connectivity index (χ3v) is 4.24. The van der Waals surface area contributed by atoms with Crippen LogP contribution in [0.3, 0.4) is 0 Å². The summed E-state index contributed by atoms with van der Waals surface area (Å²) in [6, 6.07) is 5.09. The largest absolute Gasteiger partial charge is 0.454 e. The summed E-state index contributed by atoms with van der Waals surface area (Å²) in [5.41, 5.74) is -3.25. The SMILES string of the molecule is CS(=O)(=O)NC(=O)c1cc(Oc2c(Cl)cc(C(F)(F)F)cc2C#N)ccc1[N+](=O)[O-]. The van der Waals surface area contributed by atoms with E-state index >= 15 is 0 Å². The molecule has 0 aliphatic rings. The van der Waals surface area contributed by atoms with Gasteiger partial charge in [-0.1, -0.05) is 11.6 Å². The molecule has 30 heavy (non-hydrogen) atoms. The lowest BCUT2D eigenvalue weighted by atomic mass is 10.1. The highest BCUT2D eigenvalue weighted by molar-refractivity contribution is 7.89. The fraction of sp³-hybridized carbons (Fsp3) is 0.125. The predicted octanol–water partition coefficient (Wildman–Crippen LogP) is 3.62. The van der Waals surface area contributed by atoms with Crippen molar-refractivity contribution in [1.82, 2.24) is 4.72 Å². The van der Waals surface area contributed by atoms with Crippen molar-refractivity contribution in [2.45, 2.75) is 6.18 Å². The highest BCUT2D eigenvalue weighted by Crippen LogP contribution is 2.39. The van der Waals surface area contributed by atoms with Crippen molar-refractivity contribution in [2.75, 3.05) is 6.26 Å². The molecule has 158 valence electrons. The first kappa shape index (κ1) is 22.9. The number of sulfonamides is 1. The van der Waals surface area contributed by atoms with Gasteiger partial charge in [0, 0.05) is 12.1 Å². The van der Waals surface area contributed by atoms with Gasteiger partial charge in [0.25, 0.3) is 11.6 Å². The number of hydrogen-bond donors (Lipinski definition) is 1. The number of carbonyl (C=O) groups is 1. The minimum absolute atomic E-state index is 0.322. The maximum Gasteiger partial charge on any atom is 0.416 e. The number of ether oxygens (including phenoxy) is 1. The van der Waals surface area contributed by atoms with Crippen LogP contribution < -0.4 is 9.46 Å². The Balaban J connectivity index is 2.54. The Bertz CT molecular complexity index is 1190. The van der Waals surface area contributed by atoms with Crippen LogP contribution in [-0.2, 0) is 16.2 Å². The standard InChI is InChI=1S/C16H9ClF3N3O6S/c1-30(27,28)22-15(24)11-6-10(2-3-13(11)23(25)26)29-14-8(7-21)4-9(5-12(14)17)16(18,19)20/h2-6H,1H3,(H,22,24). The summed E-state index contributed by atoms with van der Waals surface area (Å²) in [6.45, 7) is 0. The lowest BCUT2D eigenvalue weighted by Crippen LogP contribution is -2.29. The highest BCUT2D eigenvalue weighted by Gasteiger charge is 2.33. The number of benzene rings is 2. The van der Waals surface area contributed by atoms with Crippen molar-refractivity contribution in [3.8, 4) is 17.6 Å². The molecule has 0 saturated heterocycles. The van der Waals surface area contributed by atoms with Crippen molar-refractivity contribution in [3.63, 3.8) is 0 Å². The Morgan fingerprint density at radius 2 is 1.93 bits per heavy atom. The van der Waals surface area contributed by atoms with Crippen LogP contribution in [-0.4, -0.2) is 25.5 Å². The van der Waals surface area contributed by atoms with Crippen molar-refractivity contribution >= 4 is 33.2 Å². The molecule has 2 aromatic rings. The monoisotopic (exact) mass is 463 g/mol. The number of halogens is 4. The Labute approximate surface area is 171 Å². The van der Waals surface area contributed by atoms with Crippen LogP contribution in [0.1, 0.15) is 21.5 Å². The van der Waals surface area contributed by atoms with E-state index < -0.39 is 60.2 Å². The Hall–Kier alpha value is -3.37. The molecule has 14 heteroatoms. The quantitative estimate of drug-likeness (QED) is 0.527. The molecule has 1 amide bonds. The van der Waals surface area contributed by atoms with E-state index in [4.69, 9.17) is 21.6 Å². The minimum Gasteiger partial charge on any atom is -0.454 e. The lowest BCUT2D eigenvalue weighted by molar-refractivity contribution is -0.385. The molecule has 0 aliphatic carbocycles. The number of carbonyl (C=O) groups excluding carboxylic acids is 1. The maximum atomic E-state index is 12.9. The average Bonchev–Trinajstić information content (AvgIpc) is 2.60. The van der Waals surface area contributed by atoms with Crippen LogP contribution in [0.4, 0.5) is 18.9 Å². The summed E-state index contributed by atoms with van der Waals surface area (Å²) in [5.74, 6) is -2.15. The van der Waals surface area contributed by atoms with Crippen LogP contribution in [0.5, 0.6) is 11.5 Å². The number of hydrogen-bond acceptors (Lipinski definition) is 7. The van der Waals surface area contributed by atoms with Crippen LogP contribution >= 0.6 is 11.6 Å². The van der Waals surface area contributed by atoms with Gasteiger partial charge in [-0.05, 0) is 18.2 Å². The second kappa shape index (κ2) is 8.17. The summed E-state index contributed by atoms with van der Waals surface area (Å²) >= 11 is 5.80. The first-order valence-corrected chi connectivity index (χ1v) is 9.79. The number of nitro groups is 1. The number of nitro benzene ring substituents is 1. The molecule has 0 atom stereocenters. The second-order valence-electron chi connectivity index (χ2n) is 5.69. The van der Waals surface area contributed by atoms with E-state index in [1.807, 2.05) is 0 Å². The van der Waals surface area contributed by atoms with Gasteiger partial charge in [-0.15, -0.1) is 0 Å². The first-order valence-electron chi connectivity index (χ1n) is 7.52. The van der Waals surface area contributed by atoms with Gasteiger partial charge in [0.1, 0.15) is 17.4 Å². The molecular weight excluding hydrogens is 455 g/mol. The van der Waals surface area contributed by atoms with E-state index in [1.165, 1.54) is 6.07 Å². The fourth-order valence-corrected chi connectivity index (χ4v) is 2.91. The molecule has 0 fully saturated rings. The molecule has 2 rings (SSSR count). The number of nitriles is 1. The zero-order chi connectivity index (χ0) is 22.9. The fourth-order valence-electron chi connectivity index (χ4n) is 2.20. The number of nitrogens with zero attached hydrogens (tertiary/aromatic N) is 2. The third kappa shape index (κ3) is 5.37. The molecule has 0 bridgehead atoms. The molecule has 1 N–H and O–H groups in total. The van der Waals surface area contributed by atoms with Crippen molar-refractivity contribution in [1.29, 1.82) is 5.26 Å². The lowest BCUT2D eigenvalue weighted by Gasteiger charge is -2.13. The van der Waals surface area contributed by atoms with Crippen molar-refractivity contribution < 1.29 is 36.0 Å². The molecule has 0 saturated carbocycles. The number of nitrogens with one attached hydrogen (secondary N) is 1. The van der Waals surface area contributed by atoms with Crippen LogP contribution in [0.15, 0.2) is 30.3 Å². The van der Waals surface area contributed by atoms with E-state index in [9.17, 15) is 36.5 Å². The molecule has 0 radical (unpaired) electrons. The predicted molar refractivity (Wildman–Crippen MR) is 96.6 cm³/mol. The van der Waals surface area contributed by atoms with Gasteiger partial charge in [-0.25, -0.2) is 13.1 Å². The van der Waals surface area contributed by atoms with Crippen LogP contribution in [0.25, 0.3) is 0 Å². The zero-order valence-electron chi connectivity index (χ0n) is 14.7.